The van der Waals surface area contributed by atoms with Gasteiger partial charge in [-0.15, -0.1) is 0 Å². The molecule has 0 spiro atoms. The number of carbonyl (C=O) groups excluding carboxylic acids is 1. The van der Waals surface area contributed by atoms with E-state index in [-0.39, 0.29) is 5.91 Å². The van der Waals surface area contributed by atoms with Crippen molar-refractivity contribution in [2.24, 2.45) is 0 Å². The summed E-state index contributed by atoms with van der Waals surface area (Å²) < 4.78 is 0. The summed E-state index contributed by atoms with van der Waals surface area (Å²) in [5, 5.41) is 7.64. The largest absolute Gasteiger partial charge is 0.354 e. The zero-order valence-electron chi connectivity index (χ0n) is 11.9. The van der Waals surface area contributed by atoms with Crippen molar-refractivity contribution in [3.63, 3.8) is 0 Å². The van der Waals surface area contributed by atoms with Gasteiger partial charge in [0, 0.05) is 29.9 Å². The highest BCUT2D eigenvalue weighted by molar-refractivity contribution is 6.33. The fourth-order valence-electron chi connectivity index (χ4n) is 2.25. The summed E-state index contributed by atoms with van der Waals surface area (Å²) in [6, 6.07) is 15.1. The highest BCUT2D eigenvalue weighted by Crippen LogP contribution is 2.31. The van der Waals surface area contributed by atoms with Crippen LogP contribution in [-0.2, 0) is 4.79 Å². The van der Waals surface area contributed by atoms with E-state index in [1.165, 1.54) is 6.92 Å². The molecule has 0 aliphatic heterocycles. The number of amides is 1. The fourth-order valence-corrected chi connectivity index (χ4v) is 2.42. The first kappa shape index (κ1) is 14.4. The zero-order chi connectivity index (χ0) is 15.5. The van der Waals surface area contributed by atoms with Gasteiger partial charge in [0.1, 0.15) is 0 Å². The smallest absolute Gasteiger partial charge is 0.221 e. The van der Waals surface area contributed by atoms with Gasteiger partial charge >= 0.3 is 0 Å². The van der Waals surface area contributed by atoms with E-state index >= 15 is 0 Å². The van der Waals surface area contributed by atoms with Crippen LogP contribution in [0.4, 0.5) is 17.1 Å². The van der Waals surface area contributed by atoms with Crippen molar-refractivity contribution in [3.05, 3.63) is 59.8 Å². The Morgan fingerprint density at radius 3 is 2.73 bits per heavy atom. The summed E-state index contributed by atoms with van der Waals surface area (Å²) in [7, 11) is 0. The van der Waals surface area contributed by atoms with Crippen molar-refractivity contribution < 1.29 is 4.79 Å². The monoisotopic (exact) mass is 311 g/mol. The number of hydrogen-bond acceptors (Lipinski definition) is 3. The molecule has 5 heteroatoms. The van der Waals surface area contributed by atoms with Gasteiger partial charge in [0.2, 0.25) is 5.91 Å². The minimum Gasteiger partial charge on any atom is -0.354 e. The van der Waals surface area contributed by atoms with Crippen LogP contribution in [0.25, 0.3) is 10.9 Å². The maximum absolute atomic E-state index is 11.2. The van der Waals surface area contributed by atoms with Crippen LogP contribution >= 0.6 is 11.6 Å². The molecule has 0 aliphatic carbocycles. The molecule has 22 heavy (non-hydrogen) atoms. The number of anilines is 3. The predicted molar refractivity (Wildman–Crippen MR) is 90.8 cm³/mol. The predicted octanol–water partition coefficient (Wildman–Crippen LogP) is 4.59. The van der Waals surface area contributed by atoms with Gasteiger partial charge in [-0.25, -0.2) is 0 Å². The molecule has 2 N–H and O–H groups in total. The van der Waals surface area contributed by atoms with Crippen LogP contribution in [0.5, 0.6) is 0 Å². The average molecular weight is 312 g/mol. The maximum atomic E-state index is 11.2. The van der Waals surface area contributed by atoms with Gasteiger partial charge in [-0.1, -0.05) is 29.8 Å². The lowest BCUT2D eigenvalue weighted by atomic mass is 10.2. The zero-order valence-corrected chi connectivity index (χ0v) is 12.7. The van der Waals surface area contributed by atoms with Crippen molar-refractivity contribution in [1.82, 2.24) is 4.98 Å². The summed E-state index contributed by atoms with van der Waals surface area (Å²) in [4.78, 5) is 15.5. The third-order valence-electron chi connectivity index (χ3n) is 3.21. The van der Waals surface area contributed by atoms with Gasteiger partial charge < -0.3 is 10.6 Å². The molecule has 0 atom stereocenters. The lowest BCUT2D eigenvalue weighted by Gasteiger charge is -2.12. The number of halogens is 1. The lowest BCUT2D eigenvalue weighted by molar-refractivity contribution is -0.114. The molecule has 1 heterocycles. The fraction of sp³-hybridized carbons (Fsp3) is 0.0588. The summed E-state index contributed by atoms with van der Waals surface area (Å²) >= 11 is 6.24. The maximum Gasteiger partial charge on any atom is 0.221 e. The van der Waals surface area contributed by atoms with Gasteiger partial charge in [0.15, 0.2) is 0 Å². The Kier molecular flexibility index (Phi) is 3.94. The van der Waals surface area contributed by atoms with Gasteiger partial charge in [-0.05, 0) is 30.3 Å². The molecule has 0 saturated carbocycles. The van der Waals surface area contributed by atoms with Crippen molar-refractivity contribution in [3.8, 4) is 0 Å². The Morgan fingerprint density at radius 1 is 1.09 bits per heavy atom. The van der Waals surface area contributed by atoms with Crippen molar-refractivity contribution in [1.29, 1.82) is 0 Å². The molecule has 2 aromatic carbocycles. The van der Waals surface area contributed by atoms with E-state index in [1.807, 2.05) is 30.3 Å². The quantitative estimate of drug-likeness (QED) is 0.744. The molecular weight excluding hydrogens is 298 g/mol. The first-order valence-corrected chi connectivity index (χ1v) is 7.19. The average Bonchev–Trinajstić information content (AvgIpc) is 2.50. The number of para-hydroxylation sites is 1. The Bertz CT molecular complexity index is 843. The molecule has 0 bridgehead atoms. The number of fused-ring (bicyclic) bond motifs is 1. The number of pyridine rings is 1. The van der Waals surface area contributed by atoms with E-state index in [1.54, 1.807) is 24.4 Å². The molecule has 4 nitrogen and oxygen atoms in total. The highest BCUT2D eigenvalue weighted by Gasteiger charge is 2.06. The number of nitrogens with zero attached hydrogens (tertiary/aromatic N) is 1. The van der Waals surface area contributed by atoms with Gasteiger partial charge in [-0.3, -0.25) is 9.78 Å². The molecule has 3 rings (SSSR count). The summed E-state index contributed by atoms with van der Waals surface area (Å²) in [5.41, 5.74) is 3.23. The number of nitrogens with one attached hydrogen (secondary N) is 2. The number of benzene rings is 2. The summed E-state index contributed by atoms with van der Waals surface area (Å²) in [5.74, 6) is -0.123. The van der Waals surface area contributed by atoms with Crippen molar-refractivity contribution in [2.45, 2.75) is 6.92 Å². The lowest BCUT2D eigenvalue weighted by Crippen LogP contribution is -2.06. The number of hydrogen-bond donors (Lipinski definition) is 2. The second-order valence-electron chi connectivity index (χ2n) is 4.88. The number of carbonyl (C=O) groups is 1. The molecule has 0 aliphatic rings. The minimum atomic E-state index is -0.123. The van der Waals surface area contributed by atoms with Crippen LogP contribution in [0.2, 0.25) is 5.02 Å². The molecule has 0 saturated heterocycles. The molecule has 1 amide bonds. The van der Waals surface area contributed by atoms with E-state index in [9.17, 15) is 4.79 Å². The van der Waals surface area contributed by atoms with Crippen LogP contribution in [0.1, 0.15) is 6.92 Å². The minimum absolute atomic E-state index is 0.123. The molecule has 3 aromatic rings. The Morgan fingerprint density at radius 2 is 1.91 bits per heavy atom. The van der Waals surface area contributed by atoms with Crippen LogP contribution < -0.4 is 10.6 Å². The summed E-state index contributed by atoms with van der Waals surface area (Å²) in [6.45, 7) is 1.47. The van der Waals surface area contributed by atoms with Gasteiger partial charge in [0.05, 0.1) is 16.2 Å². The molecule has 110 valence electrons. The van der Waals surface area contributed by atoms with Crippen LogP contribution in [0.3, 0.4) is 0 Å². The van der Waals surface area contributed by atoms with E-state index in [0.717, 1.165) is 22.3 Å². The molecular formula is C17H14ClN3O. The third kappa shape index (κ3) is 3.02. The second kappa shape index (κ2) is 6.03. The van der Waals surface area contributed by atoms with Crippen LogP contribution in [0.15, 0.2) is 54.7 Å². The topological polar surface area (TPSA) is 54.0 Å². The van der Waals surface area contributed by atoms with Crippen LogP contribution in [0, 0.1) is 0 Å². The number of aromatic nitrogens is 1. The van der Waals surface area contributed by atoms with Gasteiger partial charge in [-0.2, -0.15) is 0 Å². The molecule has 0 fully saturated rings. The van der Waals surface area contributed by atoms with E-state index in [2.05, 4.69) is 15.6 Å². The Balaban J connectivity index is 1.99. The van der Waals surface area contributed by atoms with Crippen molar-refractivity contribution >= 4 is 45.5 Å². The normalized spacial score (nSPS) is 10.5. The molecule has 0 radical (unpaired) electrons. The summed E-state index contributed by atoms with van der Waals surface area (Å²) in [6.07, 6.45) is 1.75. The Labute approximate surface area is 133 Å². The van der Waals surface area contributed by atoms with E-state index < -0.39 is 0 Å². The van der Waals surface area contributed by atoms with Gasteiger partial charge in [0.25, 0.3) is 0 Å². The third-order valence-corrected chi connectivity index (χ3v) is 3.53. The highest BCUT2D eigenvalue weighted by atomic mass is 35.5. The SMILES string of the molecule is CC(=O)Nc1ccc(Cl)c(Nc2ccnc3ccccc23)c1. The first-order valence-electron chi connectivity index (χ1n) is 6.81. The number of rotatable bonds is 3. The Hall–Kier alpha value is -2.59. The molecule has 0 unspecified atom stereocenters. The van der Waals surface area contributed by atoms with Crippen LogP contribution in [-0.4, -0.2) is 10.9 Å². The molecule has 1 aromatic heterocycles. The second-order valence-corrected chi connectivity index (χ2v) is 5.28. The van der Waals surface area contributed by atoms with E-state index in [4.69, 9.17) is 11.6 Å². The first-order chi connectivity index (χ1) is 10.6. The van der Waals surface area contributed by atoms with Crippen molar-refractivity contribution in [2.75, 3.05) is 10.6 Å². The van der Waals surface area contributed by atoms with E-state index in [0.29, 0.717) is 10.7 Å². The standard InChI is InChI=1S/C17H14ClN3O/c1-11(22)20-12-6-7-14(18)17(10-12)21-16-8-9-19-15-5-3-2-4-13(15)16/h2-10H,1H3,(H,19,21)(H,20,22).